The number of alkyl halides is 3. The Labute approximate surface area is 161 Å². The maximum absolute atomic E-state index is 12.7. The van der Waals surface area contributed by atoms with Crippen LogP contribution in [0.15, 0.2) is 66.3 Å². The van der Waals surface area contributed by atoms with E-state index in [0.717, 1.165) is 45.7 Å². The summed E-state index contributed by atoms with van der Waals surface area (Å²) in [6.07, 6.45) is -2.95. The quantitative estimate of drug-likeness (QED) is 0.486. The minimum atomic E-state index is -4.44. The van der Waals surface area contributed by atoms with Crippen LogP contribution in [0, 0.1) is 0 Å². The third-order valence-electron chi connectivity index (χ3n) is 4.13. The van der Waals surface area contributed by atoms with Crippen LogP contribution in [0.3, 0.4) is 0 Å². The summed E-state index contributed by atoms with van der Waals surface area (Å²) in [7, 11) is 0. The van der Waals surface area contributed by atoms with Gasteiger partial charge in [-0.15, -0.1) is 11.3 Å². The number of carbonyl (C=O) groups excluding carboxylic acids is 1. The second-order valence-electron chi connectivity index (χ2n) is 5.97. The van der Waals surface area contributed by atoms with Crippen molar-refractivity contribution in [1.82, 2.24) is 9.97 Å². The largest absolute Gasteiger partial charge is 0.416 e. The van der Waals surface area contributed by atoms with Crippen molar-refractivity contribution in [3.8, 4) is 11.3 Å². The van der Waals surface area contributed by atoms with Crippen molar-refractivity contribution >= 4 is 33.1 Å². The highest BCUT2D eigenvalue weighted by atomic mass is 32.1. The normalized spacial score (nSPS) is 11.5. The van der Waals surface area contributed by atoms with Crippen LogP contribution in [0.2, 0.25) is 0 Å². The fourth-order valence-electron chi connectivity index (χ4n) is 2.78. The van der Waals surface area contributed by atoms with E-state index >= 15 is 0 Å². The molecule has 8 heteroatoms. The van der Waals surface area contributed by atoms with E-state index in [1.165, 1.54) is 17.7 Å². The summed E-state index contributed by atoms with van der Waals surface area (Å²) in [5.74, 6) is -0.491. The number of fused-ring (bicyclic) bond motifs is 1. The summed E-state index contributed by atoms with van der Waals surface area (Å²) in [6, 6.07) is 13.1. The first-order valence-corrected chi connectivity index (χ1v) is 9.07. The Hall–Kier alpha value is -3.26. The van der Waals surface area contributed by atoms with Crippen LogP contribution in [-0.2, 0) is 6.18 Å². The molecule has 0 unspecified atom stereocenters. The standard InChI is InChI=1S/C20H12F3N3OS/c21-20(22,23)14-6-4-12(5-7-14)18(27)26-15-3-1-2-13(10-15)17-16-8-9-28-19(16)25-11-24-17/h1-11H,(H,26,27). The molecule has 4 nitrogen and oxygen atoms in total. The molecule has 0 saturated carbocycles. The van der Waals surface area contributed by atoms with Crippen molar-refractivity contribution in [1.29, 1.82) is 0 Å². The Kier molecular flexibility index (Phi) is 4.56. The van der Waals surface area contributed by atoms with E-state index in [9.17, 15) is 18.0 Å². The number of nitrogens with zero attached hydrogens (tertiary/aromatic N) is 2. The van der Waals surface area contributed by atoms with Crippen LogP contribution >= 0.6 is 11.3 Å². The highest BCUT2D eigenvalue weighted by Crippen LogP contribution is 2.31. The first-order chi connectivity index (χ1) is 13.4. The summed E-state index contributed by atoms with van der Waals surface area (Å²) in [4.78, 5) is 21.8. The molecule has 0 fully saturated rings. The summed E-state index contributed by atoms with van der Waals surface area (Å²) in [5, 5.41) is 5.55. The Morgan fingerprint density at radius 2 is 1.79 bits per heavy atom. The zero-order valence-corrected chi connectivity index (χ0v) is 15.0. The van der Waals surface area contributed by atoms with Gasteiger partial charge in [0.25, 0.3) is 5.91 Å². The van der Waals surface area contributed by atoms with Gasteiger partial charge in [-0.05, 0) is 47.8 Å². The van der Waals surface area contributed by atoms with Gasteiger partial charge < -0.3 is 5.32 Å². The van der Waals surface area contributed by atoms with Gasteiger partial charge in [0, 0.05) is 22.2 Å². The van der Waals surface area contributed by atoms with Crippen molar-refractivity contribution < 1.29 is 18.0 Å². The SMILES string of the molecule is O=C(Nc1cccc(-c2ncnc3sccc23)c1)c1ccc(C(F)(F)F)cc1. The monoisotopic (exact) mass is 399 g/mol. The lowest BCUT2D eigenvalue weighted by Gasteiger charge is -2.09. The van der Waals surface area contributed by atoms with Crippen LogP contribution in [0.25, 0.3) is 21.5 Å². The lowest BCUT2D eigenvalue weighted by atomic mass is 10.1. The topological polar surface area (TPSA) is 54.9 Å². The fraction of sp³-hybridized carbons (Fsp3) is 0.0500. The van der Waals surface area contributed by atoms with Crippen LogP contribution in [0.4, 0.5) is 18.9 Å². The number of benzene rings is 2. The Bertz CT molecular complexity index is 1150. The van der Waals surface area contributed by atoms with E-state index in [2.05, 4.69) is 15.3 Å². The van der Waals surface area contributed by atoms with Crippen LogP contribution in [0.5, 0.6) is 0 Å². The summed E-state index contributed by atoms with van der Waals surface area (Å²) >= 11 is 1.51. The number of carbonyl (C=O) groups is 1. The minimum absolute atomic E-state index is 0.140. The average Bonchev–Trinajstić information content (AvgIpc) is 3.16. The Morgan fingerprint density at radius 1 is 1.00 bits per heavy atom. The number of nitrogens with one attached hydrogen (secondary N) is 1. The molecule has 1 amide bonds. The summed E-state index contributed by atoms with van der Waals surface area (Å²) < 4.78 is 38.0. The zero-order chi connectivity index (χ0) is 19.7. The van der Waals surface area contributed by atoms with Gasteiger partial charge in [-0.2, -0.15) is 13.2 Å². The van der Waals surface area contributed by atoms with E-state index in [-0.39, 0.29) is 5.56 Å². The van der Waals surface area contributed by atoms with Crippen molar-refractivity contribution in [2.75, 3.05) is 5.32 Å². The van der Waals surface area contributed by atoms with Gasteiger partial charge in [-0.3, -0.25) is 4.79 Å². The van der Waals surface area contributed by atoms with E-state index in [1.54, 1.807) is 18.2 Å². The van der Waals surface area contributed by atoms with Gasteiger partial charge in [-0.25, -0.2) is 9.97 Å². The van der Waals surface area contributed by atoms with Gasteiger partial charge in [0.15, 0.2) is 0 Å². The van der Waals surface area contributed by atoms with Crippen molar-refractivity contribution in [3.05, 3.63) is 77.4 Å². The number of amides is 1. The molecular formula is C20H12F3N3OS. The van der Waals surface area contributed by atoms with Crippen molar-refractivity contribution in [3.63, 3.8) is 0 Å². The van der Waals surface area contributed by atoms with E-state index in [0.29, 0.717) is 5.69 Å². The van der Waals surface area contributed by atoms with Gasteiger partial charge in [0.1, 0.15) is 11.2 Å². The molecule has 4 rings (SSSR count). The highest BCUT2D eigenvalue weighted by molar-refractivity contribution is 7.16. The van der Waals surface area contributed by atoms with Gasteiger partial charge in [-0.1, -0.05) is 12.1 Å². The van der Waals surface area contributed by atoms with Crippen LogP contribution in [-0.4, -0.2) is 15.9 Å². The Balaban J connectivity index is 1.58. The second-order valence-corrected chi connectivity index (χ2v) is 6.87. The molecule has 140 valence electrons. The minimum Gasteiger partial charge on any atom is -0.322 e. The number of aromatic nitrogens is 2. The first kappa shape index (κ1) is 18.1. The lowest BCUT2D eigenvalue weighted by molar-refractivity contribution is -0.137. The fourth-order valence-corrected chi connectivity index (χ4v) is 3.51. The lowest BCUT2D eigenvalue weighted by Crippen LogP contribution is -2.12. The molecule has 2 heterocycles. The molecule has 0 radical (unpaired) electrons. The molecule has 0 aliphatic rings. The molecule has 2 aromatic carbocycles. The van der Waals surface area contributed by atoms with Gasteiger partial charge in [0.05, 0.1) is 11.3 Å². The predicted octanol–water partition coefficient (Wildman–Crippen LogP) is 5.63. The second kappa shape index (κ2) is 7.05. The molecule has 0 saturated heterocycles. The van der Waals surface area contributed by atoms with E-state index < -0.39 is 17.6 Å². The first-order valence-electron chi connectivity index (χ1n) is 8.19. The summed E-state index contributed by atoms with van der Waals surface area (Å²) in [6.45, 7) is 0. The molecule has 28 heavy (non-hydrogen) atoms. The number of anilines is 1. The number of hydrogen-bond acceptors (Lipinski definition) is 4. The van der Waals surface area contributed by atoms with Crippen LogP contribution < -0.4 is 5.32 Å². The highest BCUT2D eigenvalue weighted by Gasteiger charge is 2.30. The van der Waals surface area contributed by atoms with Gasteiger partial charge >= 0.3 is 6.18 Å². The molecule has 0 bridgehead atoms. The maximum Gasteiger partial charge on any atom is 0.416 e. The molecule has 0 aliphatic heterocycles. The third kappa shape index (κ3) is 3.59. The summed E-state index contributed by atoms with van der Waals surface area (Å²) in [5.41, 5.74) is 1.41. The molecule has 0 spiro atoms. The zero-order valence-electron chi connectivity index (χ0n) is 14.2. The van der Waals surface area contributed by atoms with Gasteiger partial charge in [0.2, 0.25) is 0 Å². The van der Waals surface area contributed by atoms with E-state index in [4.69, 9.17) is 0 Å². The van der Waals surface area contributed by atoms with Crippen molar-refractivity contribution in [2.45, 2.75) is 6.18 Å². The molecular weight excluding hydrogens is 387 g/mol. The van der Waals surface area contributed by atoms with Crippen LogP contribution in [0.1, 0.15) is 15.9 Å². The maximum atomic E-state index is 12.7. The number of halogens is 3. The Morgan fingerprint density at radius 3 is 2.54 bits per heavy atom. The predicted molar refractivity (Wildman–Crippen MR) is 102 cm³/mol. The van der Waals surface area contributed by atoms with E-state index in [1.807, 2.05) is 17.5 Å². The number of hydrogen-bond donors (Lipinski definition) is 1. The molecule has 1 N–H and O–H groups in total. The smallest absolute Gasteiger partial charge is 0.322 e. The molecule has 2 aromatic heterocycles. The average molecular weight is 399 g/mol. The number of rotatable bonds is 3. The molecule has 0 atom stereocenters. The molecule has 4 aromatic rings. The third-order valence-corrected chi connectivity index (χ3v) is 4.95. The number of thiophene rings is 1. The van der Waals surface area contributed by atoms with Crippen molar-refractivity contribution in [2.24, 2.45) is 0 Å². The molecule has 0 aliphatic carbocycles.